The van der Waals surface area contributed by atoms with E-state index < -0.39 is 0 Å². The predicted octanol–water partition coefficient (Wildman–Crippen LogP) is 2.11. The molecule has 0 bridgehead atoms. The molecule has 0 aliphatic heterocycles. The number of aldehydes is 1. The molecule has 1 aromatic rings. The van der Waals surface area contributed by atoms with Crippen molar-refractivity contribution in [1.82, 2.24) is 5.32 Å². The summed E-state index contributed by atoms with van der Waals surface area (Å²) in [5.74, 6) is -0.0325. The van der Waals surface area contributed by atoms with Crippen molar-refractivity contribution in [2.45, 2.75) is 13.8 Å². The van der Waals surface area contributed by atoms with Gasteiger partial charge >= 0.3 is 0 Å². The Kier molecular flexibility index (Phi) is 5.65. The molecular formula is C13H17ClN2O2. The van der Waals surface area contributed by atoms with Gasteiger partial charge in [-0.1, -0.05) is 11.6 Å². The standard InChI is InChI=1S/C13H17ClN2O2/c1-3-15-13(18)8-16(4-2)11-6-5-10(9-17)12(14)7-11/h5-7,9H,3-4,8H2,1-2H3,(H,15,18). The first kappa shape index (κ1) is 14.5. The third-order valence-electron chi connectivity index (χ3n) is 2.57. The second kappa shape index (κ2) is 7.01. The van der Waals surface area contributed by atoms with E-state index in [2.05, 4.69) is 5.32 Å². The number of hydrogen-bond donors (Lipinski definition) is 1. The number of amides is 1. The van der Waals surface area contributed by atoms with Gasteiger partial charge in [-0.2, -0.15) is 0 Å². The molecule has 1 amide bonds. The molecule has 1 N–H and O–H groups in total. The summed E-state index contributed by atoms with van der Waals surface area (Å²) in [7, 11) is 0. The molecule has 0 aliphatic carbocycles. The van der Waals surface area contributed by atoms with Crippen molar-refractivity contribution < 1.29 is 9.59 Å². The predicted molar refractivity (Wildman–Crippen MR) is 73.4 cm³/mol. The number of halogens is 1. The Labute approximate surface area is 112 Å². The molecule has 0 saturated carbocycles. The lowest BCUT2D eigenvalue weighted by atomic mass is 10.2. The quantitative estimate of drug-likeness (QED) is 0.804. The van der Waals surface area contributed by atoms with Crippen LogP contribution in [0.4, 0.5) is 5.69 Å². The van der Waals surface area contributed by atoms with Crippen molar-refractivity contribution in [1.29, 1.82) is 0 Å². The van der Waals surface area contributed by atoms with Gasteiger partial charge in [0.25, 0.3) is 0 Å². The van der Waals surface area contributed by atoms with Crippen LogP contribution in [0.3, 0.4) is 0 Å². The van der Waals surface area contributed by atoms with E-state index in [1.807, 2.05) is 18.7 Å². The molecule has 98 valence electrons. The molecular weight excluding hydrogens is 252 g/mol. The lowest BCUT2D eigenvalue weighted by Gasteiger charge is -2.22. The number of hydrogen-bond acceptors (Lipinski definition) is 3. The van der Waals surface area contributed by atoms with Crippen LogP contribution in [0, 0.1) is 0 Å². The maximum atomic E-state index is 11.6. The van der Waals surface area contributed by atoms with Gasteiger partial charge in [0.2, 0.25) is 5.91 Å². The van der Waals surface area contributed by atoms with Crippen molar-refractivity contribution >= 4 is 29.5 Å². The van der Waals surface area contributed by atoms with Gasteiger partial charge in [-0.05, 0) is 32.0 Å². The molecule has 0 fully saturated rings. The summed E-state index contributed by atoms with van der Waals surface area (Å²) < 4.78 is 0. The Morgan fingerprint density at radius 1 is 1.44 bits per heavy atom. The monoisotopic (exact) mass is 268 g/mol. The number of benzene rings is 1. The van der Waals surface area contributed by atoms with Crippen LogP contribution in [-0.4, -0.2) is 31.8 Å². The molecule has 0 heterocycles. The first-order chi connectivity index (χ1) is 8.62. The SMILES string of the molecule is CCNC(=O)CN(CC)c1ccc(C=O)c(Cl)c1. The highest BCUT2D eigenvalue weighted by molar-refractivity contribution is 6.33. The maximum Gasteiger partial charge on any atom is 0.239 e. The van der Waals surface area contributed by atoms with E-state index in [1.165, 1.54) is 0 Å². The Morgan fingerprint density at radius 2 is 2.17 bits per heavy atom. The molecule has 18 heavy (non-hydrogen) atoms. The van der Waals surface area contributed by atoms with E-state index >= 15 is 0 Å². The van der Waals surface area contributed by atoms with E-state index in [1.54, 1.807) is 18.2 Å². The molecule has 0 saturated heterocycles. The lowest BCUT2D eigenvalue weighted by molar-refractivity contribution is -0.119. The fourth-order valence-corrected chi connectivity index (χ4v) is 1.84. The van der Waals surface area contributed by atoms with E-state index in [0.29, 0.717) is 30.0 Å². The zero-order valence-electron chi connectivity index (χ0n) is 10.6. The third-order valence-corrected chi connectivity index (χ3v) is 2.89. The van der Waals surface area contributed by atoms with Crippen LogP contribution in [0.15, 0.2) is 18.2 Å². The van der Waals surface area contributed by atoms with Crippen LogP contribution in [-0.2, 0) is 4.79 Å². The van der Waals surface area contributed by atoms with E-state index in [-0.39, 0.29) is 12.5 Å². The summed E-state index contributed by atoms with van der Waals surface area (Å²) in [4.78, 5) is 24.1. The molecule has 1 rings (SSSR count). The molecule has 0 aliphatic rings. The van der Waals surface area contributed by atoms with Gasteiger partial charge in [-0.25, -0.2) is 0 Å². The summed E-state index contributed by atoms with van der Waals surface area (Å²) >= 11 is 5.97. The van der Waals surface area contributed by atoms with E-state index in [0.717, 1.165) is 5.69 Å². The molecule has 0 unspecified atom stereocenters. The van der Waals surface area contributed by atoms with Crippen LogP contribution in [0.1, 0.15) is 24.2 Å². The van der Waals surface area contributed by atoms with Crippen LogP contribution in [0.2, 0.25) is 5.02 Å². The van der Waals surface area contributed by atoms with Crippen LogP contribution in [0.5, 0.6) is 0 Å². The van der Waals surface area contributed by atoms with Gasteiger partial charge in [0.15, 0.2) is 6.29 Å². The Balaban J connectivity index is 2.85. The summed E-state index contributed by atoms with van der Waals surface area (Å²) in [6.45, 7) is 5.42. The van der Waals surface area contributed by atoms with Crippen molar-refractivity contribution in [3.63, 3.8) is 0 Å². The number of rotatable bonds is 6. The molecule has 1 aromatic carbocycles. The minimum atomic E-state index is -0.0325. The van der Waals surface area contributed by atoms with E-state index in [4.69, 9.17) is 11.6 Å². The Morgan fingerprint density at radius 3 is 2.67 bits per heavy atom. The first-order valence-electron chi connectivity index (χ1n) is 5.88. The van der Waals surface area contributed by atoms with Crippen molar-refractivity contribution in [3.05, 3.63) is 28.8 Å². The van der Waals surface area contributed by atoms with Gasteiger partial charge < -0.3 is 10.2 Å². The number of likely N-dealkylation sites (N-methyl/N-ethyl adjacent to an activating group) is 2. The summed E-state index contributed by atoms with van der Waals surface area (Å²) in [5.41, 5.74) is 1.29. The first-order valence-corrected chi connectivity index (χ1v) is 6.26. The minimum Gasteiger partial charge on any atom is -0.362 e. The fourth-order valence-electron chi connectivity index (χ4n) is 1.62. The highest BCUT2D eigenvalue weighted by Gasteiger charge is 2.10. The Bertz CT molecular complexity index is 435. The molecule has 5 heteroatoms. The molecule has 4 nitrogen and oxygen atoms in total. The third kappa shape index (κ3) is 3.74. The van der Waals surface area contributed by atoms with Crippen LogP contribution in [0.25, 0.3) is 0 Å². The fraction of sp³-hybridized carbons (Fsp3) is 0.385. The van der Waals surface area contributed by atoms with Gasteiger partial charge in [0.1, 0.15) is 0 Å². The zero-order chi connectivity index (χ0) is 13.5. The molecule has 0 spiro atoms. The minimum absolute atomic E-state index is 0.0325. The lowest BCUT2D eigenvalue weighted by Crippen LogP contribution is -2.37. The summed E-state index contributed by atoms with van der Waals surface area (Å²) in [6.07, 6.45) is 0.714. The number of nitrogens with zero attached hydrogens (tertiary/aromatic N) is 1. The second-order valence-electron chi connectivity index (χ2n) is 3.79. The largest absolute Gasteiger partial charge is 0.362 e. The van der Waals surface area contributed by atoms with E-state index in [9.17, 15) is 9.59 Å². The Hall–Kier alpha value is -1.55. The summed E-state index contributed by atoms with van der Waals surface area (Å²) in [5, 5.41) is 3.15. The summed E-state index contributed by atoms with van der Waals surface area (Å²) in [6, 6.07) is 5.15. The van der Waals surface area contributed by atoms with Gasteiger partial charge in [0.05, 0.1) is 11.6 Å². The molecule has 0 radical (unpaired) electrons. The smallest absolute Gasteiger partial charge is 0.239 e. The highest BCUT2D eigenvalue weighted by atomic mass is 35.5. The van der Waals surface area contributed by atoms with Crippen LogP contribution < -0.4 is 10.2 Å². The van der Waals surface area contributed by atoms with Gasteiger partial charge in [-0.3, -0.25) is 9.59 Å². The maximum absolute atomic E-state index is 11.6. The number of carbonyl (C=O) groups excluding carboxylic acids is 2. The topological polar surface area (TPSA) is 49.4 Å². The zero-order valence-corrected chi connectivity index (χ0v) is 11.3. The average Bonchev–Trinajstić information content (AvgIpc) is 2.36. The van der Waals surface area contributed by atoms with Crippen molar-refractivity contribution in [2.24, 2.45) is 0 Å². The number of anilines is 1. The molecule has 0 aromatic heterocycles. The van der Waals surface area contributed by atoms with Crippen molar-refractivity contribution in [2.75, 3.05) is 24.5 Å². The number of nitrogens with one attached hydrogen (secondary N) is 1. The average molecular weight is 269 g/mol. The van der Waals surface area contributed by atoms with Gasteiger partial charge in [0, 0.05) is 24.3 Å². The normalized spacial score (nSPS) is 9.94. The second-order valence-corrected chi connectivity index (χ2v) is 4.20. The molecule has 0 atom stereocenters. The number of carbonyl (C=O) groups is 2. The highest BCUT2D eigenvalue weighted by Crippen LogP contribution is 2.22. The van der Waals surface area contributed by atoms with Crippen molar-refractivity contribution in [3.8, 4) is 0 Å². The van der Waals surface area contributed by atoms with Crippen LogP contribution >= 0.6 is 11.6 Å². The van der Waals surface area contributed by atoms with Gasteiger partial charge in [-0.15, -0.1) is 0 Å².